The Morgan fingerprint density at radius 2 is 1.89 bits per heavy atom. The van der Waals surface area contributed by atoms with E-state index in [1.54, 1.807) is 0 Å². The van der Waals surface area contributed by atoms with Gasteiger partial charge in [-0.25, -0.2) is 4.98 Å². The van der Waals surface area contributed by atoms with Gasteiger partial charge in [-0.3, -0.25) is 4.57 Å². The van der Waals surface area contributed by atoms with Crippen molar-refractivity contribution in [2.45, 2.75) is 39.3 Å². The van der Waals surface area contributed by atoms with E-state index in [4.69, 9.17) is 11.0 Å². The summed E-state index contributed by atoms with van der Waals surface area (Å²) in [7, 11) is 0. The van der Waals surface area contributed by atoms with Gasteiger partial charge in [-0.15, -0.1) is 0 Å². The van der Waals surface area contributed by atoms with E-state index >= 15 is 0 Å². The van der Waals surface area contributed by atoms with E-state index in [0.29, 0.717) is 4.73 Å². The van der Waals surface area contributed by atoms with E-state index in [0.717, 1.165) is 0 Å². The quantitative estimate of drug-likeness (QED) is 0.789. The van der Waals surface area contributed by atoms with Crippen LogP contribution in [0.5, 0.6) is 0 Å². The summed E-state index contributed by atoms with van der Waals surface area (Å²) >= 11 is 3.25. The lowest BCUT2D eigenvalue weighted by Crippen LogP contribution is -2.06. The number of benzene rings is 1. The monoisotopic (exact) mass is 314 g/mol. The molecule has 0 radical (unpaired) electrons. The number of aromatic nitrogens is 2. The van der Waals surface area contributed by atoms with E-state index in [1.807, 2.05) is 0 Å². The molecule has 0 N–H and O–H groups in total. The van der Waals surface area contributed by atoms with Crippen molar-refractivity contribution in [3.8, 4) is 5.69 Å². The molecule has 1 aromatic carbocycles. The van der Waals surface area contributed by atoms with Gasteiger partial charge in [0.25, 0.3) is 0 Å². The second-order valence-electron chi connectivity index (χ2n) is 4.02. The van der Waals surface area contributed by atoms with Crippen LogP contribution < -0.4 is 0 Å². The molecule has 0 spiro atoms. The summed E-state index contributed by atoms with van der Waals surface area (Å²) in [6.07, 6.45) is 2.98. The average molecular weight is 315 g/mol. The zero-order chi connectivity index (χ0) is 20.1. The number of para-hydroxylation sites is 1. The van der Waals surface area contributed by atoms with Crippen LogP contribution in [0.4, 0.5) is 0 Å². The Morgan fingerprint density at radius 1 is 1.28 bits per heavy atom. The first kappa shape index (κ1) is 6.38. The van der Waals surface area contributed by atoms with Crippen LogP contribution in [-0.4, -0.2) is 9.55 Å². The molecule has 0 fully saturated rings. The van der Waals surface area contributed by atoms with Crippen LogP contribution in [0, 0.1) is 0 Å². The fourth-order valence-corrected chi connectivity index (χ4v) is 2.27. The van der Waals surface area contributed by atoms with E-state index in [1.165, 1.54) is 49.0 Å². The minimum atomic E-state index is -2.66. The first-order chi connectivity index (χ1) is 11.6. The fourth-order valence-electron chi connectivity index (χ4n) is 1.86. The minimum Gasteiger partial charge on any atom is -0.294 e. The molecule has 0 saturated carbocycles. The summed E-state index contributed by atoms with van der Waals surface area (Å²) in [5, 5.41) is 0. The van der Waals surface area contributed by atoms with E-state index in [-0.39, 0.29) is 16.8 Å². The second-order valence-corrected chi connectivity index (χ2v) is 4.73. The van der Waals surface area contributed by atoms with Gasteiger partial charge in [0, 0.05) is 23.4 Å². The SMILES string of the molecule is [2H]C([2H])([2H])C([2H])(C)c1cccc(C([2H])(C)C([2H])([2H])[2H])c1-n1ccnc1Br. The molecule has 2 nitrogen and oxygen atoms in total. The van der Waals surface area contributed by atoms with Crippen molar-refractivity contribution in [2.75, 3.05) is 0 Å². The third-order valence-electron chi connectivity index (χ3n) is 2.68. The molecule has 18 heavy (non-hydrogen) atoms. The Kier molecular flexibility index (Phi) is 1.87. The lowest BCUT2D eigenvalue weighted by atomic mass is 9.92. The predicted octanol–water partition coefficient (Wildman–Crippen LogP) is 4.88. The largest absolute Gasteiger partial charge is 0.294 e. The van der Waals surface area contributed by atoms with Crippen LogP contribution >= 0.6 is 15.9 Å². The Balaban J connectivity index is 2.94. The highest BCUT2D eigenvalue weighted by molar-refractivity contribution is 9.10. The van der Waals surface area contributed by atoms with Crippen molar-refractivity contribution in [2.24, 2.45) is 0 Å². The van der Waals surface area contributed by atoms with E-state index < -0.39 is 25.5 Å². The number of nitrogens with zero attached hydrogens (tertiary/aromatic N) is 2. The summed E-state index contributed by atoms with van der Waals surface area (Å²) < 4.78 is 65.2. The molecule has 0 aliphatic heterocycles. The Bertz CT molecular complexity index is 760. The first-order valence-electron chi connectivity index (χ1n) is 9.45. The molecule has 1 heterocycles. The molecule has 2 atom stereocenters. The van der Waals surface area contributed by atoms with Crippen LogP contribution in [0.15, 0.2) is 35.3 Å². The van der Waals surface area contributed by atoms with Gasteiger partial charge in [-0.05, 0) is 38.8 Å². The predicted molar refractivity (Wildman–Crippen MR) is 79.4 cm³/mol. The summed E-state index contributed by atoms with van der Waals surface area (Å²) in [6.45, 7) is -2.81. The van der Waals surface area contributed by atoms with Crippen LogP contribution in [0.3, 0.4) is 0 Å². The fraction of sp³-hybridized carbons (Fsp3) is 0.400. The first-order valence-corrected chi connectivity index (χ1v) is 6.25. The second kappa shape index (κ2) is 5.27. The van der Waals surface area contributed by atoms with Gasteiger partial charge >= 0.3 is 0 Å². The van der Waals surface area contributed by atoms with Gasteiger partial charge in [0.1, 0.15) is 0 Å². The number of hydrogen-bond donors (Lipinski definition) is 0. The Labute approximate surface area is 128 Å². The zero-order valence-electron chi connectivity index (χ0n) is 18.2. The third-order valence-corrected chi connectivity index (χ3v) is 3.27. The van der Waals surface area contributed by atoms with Crippen molar-refractivity contribution in [3.63, 3.8) is 0 Å². The van der Waals surface area contributed by atoms with Gasteiger partial charge in [0.15, 0.2) is 4.73 Å². The van der Waals surface area contributed by atoms with Gasteiger partial charge < -0.3 is 0 Å². The van der Waals surface area contributed by atoms with Crippen LogP contribution in [-0.2, 0) is 0 Å². The molecule has 3 heteroatoms. The highest BCUT2D eigenvalue weighted by Gasteiger charge is 2.16. The van der Waals surface area contributed by atoms with Crippen LogP contribution in [0.1, 0.15) is 61.4 Å². The smallest absolute Gasteiger partial charge is 0.181 e. The molecular weight excluding hydrogens is 288 g/mol. The summed E-state index contributed by atoms with van der Waals surface area (Å²) in [5.74, 6) is -4.04. The van der Waals surface area contributed by atoms with Crippen molar-refractivity contribution in [3.05, 3.63) is 46.5 Å². The number of hydrogen-bond acceptors (Lipinski definition) is 1. The van der Waals surface area contributed by atoms with Gasteiger partial charge in [-0.1, -0.05) is 45.8 Å². The molecule has 1 aromatic heterocycles. The maximum absolute atomic E-state index is 8.48. The molecule has 0 aliphatic carbocycles. The highest BCUT2D eigenvalue weighted by atomic mass is 79.9. The summed E-state index contributed by atoms with van der Waals surface area (Å²) in [5.41, 5.74) is 0.354. The molecule has 2 aromatic rings. The van der Waals surface area contributed by atoms with Crippen molar-refractivity contribution < 1.29 is 11.0 Å². The van der Waals surface area contributed by atoms with Crippen LogP contribution in [0.2, 0.25) is 0 Å². The molecule has 0 amide bonds. The number of halogens is 1. The van der Waals surface area contributed by atoms with E-state index in [2.05, 4.69) is 20.9 Å². The lowest BCUT2D eigenvalue weighted by Gasteiger charge is -2.20. The lowest BCUT2D eigenvalue weighted by molar-refractivity contribution is 0.800. The zero-order valence-corrected chi connectivity index (χ0v) is 11.7. The molecule has 96 valence electrons. The molecule has 2 unspecified atom stereocenters. The molecule has 2 rings (SSSR count). The van der Waals surface area contributed by atoms with Crippen molar-refractivity contribution >= 4 is 15.9 Å². The van der Waals surface area contributed by atoms with Gasteiger partial charge in [0.2, 0.25) is 0 Å². The standard InChI is InChI=1S/C15H19BrN2/c1-10(2)12-6-5-7-13(11(3)4)14(12)18-9-8-17-15(18)16/h5-11H,1-4H3/i1D3,3D3,10D,11D. The topological polar surface area (TPSA) is 17.8 Å². The Hall–Kier alpha value is -1.09. The summed E-state index contributed by atoms with van der Waals surface area (Å²) in [4.78, 5) is 4.04. The van der Waals surface area contributed by atoms with Crippen LogP contribution in [0.25, 0.3) is 5.69 Å². The number of rotatable bonds is 3. The van der Waals surface area contributed by atoms with Gasteiger partial charge in [0.05, 0.1) is 5.69 Å². The molecule has 0 aliphatic rings. The maximum Gasteiger partial charge on any atom is 0.181 e. The molecule has 0 saturated heterocycles. The highest BCUT2D eigenvalue weighted by Crippen LogP contribution is 2.32. The average Bonchev–Trinajstić information content (AvgIpc) is 2.90. The van der Waals surface area contributed by atoms with Crippen molar-refractivity contribution in [1.29, 1.82) is 0 Å². The van der Waals surface area contributed by atoms with E-state index in [9.17, 15) is 0 Å². The summed E-state index contributed by atoms with van der Waals surface area (Å²) in [6, 6.07) is 4.43. The third kappa shape index (κ3) is 2.37. The maximum atomic E-state index is 8.48. The normalized spacial score (nSPS) is 25.9. The Morgan fingerprint density at radius 3 is 2.33 bits per heavy atom. The molecule has 0 bridgehead atoms. The minimum absolute atomic E-state index is 0.0939. The molecular formula is C15H19BrN2. The van der Waals surface area contributed by atoms with Gasteiger partial charge in [-0.2, -0.15) is 0 Å². The van der Waals surface area contributed by atoms with Crippen molar-refractivity contribution in [1.82, 2.24) is 9.55 Å². The number of imidazole rings is 1.